The Bertz CT molecular complexity index is 390. The van der Waals surface area contributed by atoms with Crippen LogP contribution in [0.4, 0.5) is 4.39 Å². The molecule has 0 radical (unpaired) electrons. The molecule has 1 saturated carbocycles. The van der Waals surface area contributed by atoms with E-state index in [2.05, 4.69) is 15.9 Å². The Hall–Kier alpha value is -0.610. The van der Waals surface area contributed by atoms with Gasteiger partial charge in [0.2, 0.25) is 0 Å². The molecule has 2 N–H and O–H groups in total. The molecule has 0 aliphatic heterocycles. The minimum atomic E-state index is -0.407. The maximum absolute atomic E-state index is 13.6. The highest BCUT2D eigenvalue weighted by Gasteiger charge is 2.37. The van der Waals surface area contributed by atoms with Crippen LogP contribution in [0, 0.1) is 5.82 Å². The minimum Gasteiger partial charge on any atom is -0.493 e. The zero-order valence-electron chi connectivity index (χ0n) is 8.52. The maximum atomic E-state index is 13.6. The second-order valence-corrected chi connectivity index (χ2v) is 4.89. The molecule has 0 saturated heterocycles. The molecule has 0 spiro atoms. The third-order valence-corrected chi connectivity index (χ3v) is 3.45. The van der Waals surface area contributed by atoms with Crippen LogP contribution in [-0.2, 0) is 5.54 Å². The highest BCUT2D eigenvalue weighted by molar-refractivity contribution is 9.10. The minimum absolute atomic E-state index is 0.278. The van der Waals surface area contributed by atoms with Crippen LogP contribution in [0.2, 0.25) is 0 Å². The third-order valence-electron chi connectivity index (χ3n) is 2.99. The van der Waals surface area contributed by atoms with Crippen molar-refractivity contribution in [3.63, 3.8) is 0 Å². The monoisotopic (exact) mass is 273 g/mol. The van der Waals surface area contributed by atoms with Crippen LogP contribution in [0.25, 0.3) is 0 Å². The summed E-state index contributed by atoms with van der Waals surface area (Å²) in [7, 11) is 1.47. The molecule has 15 heavy (non-hydrogen) atoms. The molecule has 2 nitrogen and oxygen atoms in total. The van der Waals surface area contributed by atoms with Crippen molar-refractivity contribution in [3.8, 4) is 5.75 Å². The number of nitrogens with two attached hydrogens (primary N) is 1. The molecular formula is C11H13BrFNO. The van der Waals surface area contributed by atoms with E-state index in [1.54, 1.807) is 0 Å². The number of rotatable bonds is 2. The van der Waals surface area contributed by atoms with Gasteiger partial charge in [0.15, 0.2) is 11.6 Å². The largest absolute Gasteiger partial charge is 0.493 e. The van der Waals surface area contributed by atoms with E-state index in [1.165, 1.54) is 13.2 Å². The lowest BCUT2D eigenvalue weighted by Crippen LogP contribution is -2.43. The fourth-order valence-corrected chi connectivity index (χ4v) is 2.39. The Morgan fingerprint density at radius 1 is 1.47 bits per heavy atom. The van der Waals surface area contributed by atoms with Crippen molar-refractivity contribution in [2.45, 2.75) is 24.8 Å². The summed E-state index contributed by atoms with van der Waals surface area (Å²) in [5.41, 5.74) is 6.53. The highest BCUT2D eigenvalue weighted by Crippen LogP contribution is 2.44. The van der Waals surface area contributed by atoms with E-state index in [-0.39, 0.29) is 11.6 Å². The Labute approximate surface area is 96.7 Å². The number of benzene rings is 1. The third kappa shape index (κ3) is 1.76. The summed E-state index contributed by atoms with van der Waals surface area (Å²) < 4.78 is 19.4. The zero-order valence-corrected chi connectivity index (χ0v) is 10.1. The van der Waals surface area contributed by atoms with Crippen LogP contribution in [0.1, 0.15) is 24.8 Å². The van der Waals surface area contributed by atoms with Gasteiger partial charge in [-0.05, 0) is 31.4 Å². The van der Waals surface area contributed by atoms with E-state index >= 15 is 0 Å². The van der Waals surface area contributed by atoms with Crippen molar-refractivity contribution >= 4 is 15.9 Å². The molecule has 0 amide bonds. The first-order valence-electron chi connectivity index (χ1n) is 4.89. The molecule has 1 aliphatic carbocycles. The molecule has 82 valence electrons. The Morgan fingerprint density at radius 2 is 2.13 bits per heavy atom. The summed E-state index contributed by atoms with van der Waals surface area (Å²) >= 11 is 3.27. The molecule has 0 bridgehead atoms. The second-order valence-electron chi connectivity index (χ2n) is 3.98. The maximum Gasteiger partial charge on any atom is 0.166 e. The predicted molar refractivity (Wildman–Crippen MR) is 60.4 cm³/mol. The number of ether oxygens (including phenoxy) is 1. The molecular weight excluding hydrogens is 261 g/mol. The van der Waals surface area contributed by atoms with E-state index in [0.717, 1.165) is 24.8 Å². The normalized spacial score (nSPS) is 18.4. The van der Waals surface area contributed by atoms with Crippen molar-refractivity contribution in [2.75, 3.05) is 7.11 Å². The lowest BCUT2D eigenvalue weighted by atomic mass is 9.72. The van der Waals surface area contributed by atoms with Crippen LogP contribution in [-0.4, -0.2) is 7.11 Å². The highest BCUT2D eigenvalue weighted by atomic mass is 79.9. The van der Waals surface area contributed by atoms with Gasteiger partial charge in [-0.2, -0.15) is 0 Å². The van der Waals surface area contributed by atoms with Gasteiger partial charge in [-0.15, -0.1) is 0 Å². The molecule has 1 aliphatic rings. The smallest absolute Gasteiger partial charge is 0.166 e. The molecule has 0 atom stereocenters. The van der Waals surface area contributed by atoms with Crippen molar-refractivity contribution < 1.29 is 9.13 Å². The molecule has 2 rings (SSSR count). The van der Waals surface area contributed by atoms with E-state index in [1.807, 2.05) is 6.07 Å². The zero-order chi connectivity index (χ0) is 11.1. The Morgan fingerprint density at radius 3 is 2.60 bits per heavy atom. The Balaban J connectivity index is 2.53. The van der Waals surface area contributed by atoms with Crippen molar-refractivity contribution in [2.24, 2.45) is 5.73 Å². The quantitative estimate of drug-likeness (QED) is 0.899. The number of hydrogen-bond donors (Lipinski definition) is 1. The average molecular weight is 274 g/mol. The van der Waals surface area contributed by atoms with Gasteiger partial charge in [-0.25, -0.2) is 4.39 Å². The first kappa shape index (κ1) is 10.9. The predicted octanol–water partition coefficient (Wildman–Crippen LogP) is 2.93. The van der Waals surface area contributed by atoms with Crippen LogP contribution in [0.3, 0.4) is 0 Å². The van der Waals surface area contributed by atoms with E-state index in [9.17, 15) is 4.39 Å². The number of hydrogen-bond acceptors (Lipinski definition) is 2. The van der Waals surface area contributed by atoms with E-state index in [0.29, 0.717) is 4.47 Å². The van der Waals surface area contributed by atoms with Gasteiger partial charge in [0, 0.05) is 15.6 Å². The average Bonchev–Trinajstić information content (AvgIpc) is 2.13. The summed E-state index contributed by atoms with van der Waals surface area (Å²) in [6, 6.07) is 3.24. The standard InChI is InChI=1S/C11H13BrFNO/c1-15-10-8(11(14)3-2-4-11)5-7(12)6-9(10)13/h5-6H,2-4,14H2,1H3. The van der Waals surface area contributed by atoms with Crippen LogP contribution >= 0.6 is 15.9 Å². The van der Waals surface area contributed by atoms with E-state index in [4.69, 9.17) is 10.5 Å². The van der Waals surface area contributed by atoms with Crippen molar-refractivity contribution in [3.05, 3.63) is 28.0 Å². The van der Waals surface area contributed by atoms with Crippen LogP contribution < -0.4 is 10.5 Å². The lowest BCUT2D eigenvalue weighted by molar-refractivity contribution is 0.240. The van der Waals surface area contributed by atoms with Gasteiger partial charge in [-0.1, -0.05) is 15.9 Å². The molecule has 4 heteroatoms. The second kappa shape index (κ2) is 3.76. The van der Waals surface area contributed by atoms with E-state index < -0.39 is 5.54 Å². The summed E-state index contributed by atoms with van der Waals surface area (Å²) in [5, 5.41) is 0. The van der Waals surface area contributed by atoms with Crippen molar-refractivity contribution in [1.82, 2.24) is 0 Å². The van der Waals surface area contributed by atoms with Gasteiger partial charge >= 0.3 is 0 Å². The van der Waals surface area contributed by atoms with Crippen molar-refractivity contribution in [1.29, 1.82) is 0 Å². The lowest BCUT2D eigenvalue weighted by Gasteiger charge is -2.39. The van der Waals surface area contributed by atoms with Crippen LogP contribution in [0.5, 0.6) is 5.75 Å². The first-order valence-corrected chi connectivity index (χ1v) is 5.68. The SMILES string of the molecule is COc1c(F)cc(Br)cc1C1(N)CCC1. The Kier molecular flexibility index (Phi) is 2.73. The summed E-state index contributed by atoms with van der Waals surface area (Å²) in [6.45, 7) is 0. The fraction of sp³-hybridized carbons (Fsp3) is 0.455. The summed E-state index contributed by atoms with van der Waals surface area (Å²) in [6.07, 6.45) is 2.87. The molecule has 1 aromatic carbocycles. The topological polar surface area (TPSA) is 35.2 Å². The molecule has 0 heterocycles. The molecule has 1 aromatic rings. The van der Waals surface area contributed by atoms with Gasteiger partial charge < -0.3 is 10.5 Å². The van der Waals surface area contributed by atoms with Gasteiger partial charge in [0.05, 0.1) is 7.11 Å². The van der Waals surface area contributed by atoms with Crippen LogP contribution in [0.15, 0.2) is 16.6 Å². The fourth-order valence-electron chi connectivity index (χ4n) is 1.96. The van der Waals surface area contributed by atoms with Gasteiger partial charge in [0.25, 0.3) is 0 Å². The summed E-state index contributed by atoms with van der Waals surface area (Å²) in [4.78, 5) is 0. The number of halogens is 2. The first-order chi connectivity index (χ1) is 7.07. The summed E-state index contributed by atoms with van der Waals surface area (Å²) in [5.74, 6) is -0.0843. The molecule has 1 fully saturated rings. The molecule has 0 aromatic heterocycles. The molecule has 0 unspecified atom stereocenters. The number of methoxy groups -OCH3 is 1. The van der Waals surface area contributed by atoms with Gasteiger partial charge in [-0.3, -0.25) is 0 Å². The van der Waals surface area contributed by atoms with Gasteiger partial charge in [0.1, 0.15) is 0 Å².